The van der Waals surface area contributed by atoms with E-state index in [1.165, 1.54) is 0 Å². The Bertz CT molecular complexity index is 1620. The molecule has 200 valence electrons. The van der Waals surface area contributed by atoms with Gasteiger partial charge in [0.15, 0.2) is 0 Å². The standard InChI is InChI=1S/C30H30N10/c31-30(29-22-40(37-34-29)19-25-14-8-3-9-15-25)27(28-21-39(36-33-28)18-24-12-6-2-7-13-24)16-26-20-38(35-32-26)17-23-10-4-1-5-11-23/h1-15,20-22,27,30H,16-19,31H2. The van der Waals surface area contributed by atoms with Crippen molar-refractivity contribution < 1.29 is 0 Å². The molecule has 0 spiro atoms. The van der Waals surface area contributed by atoms with Gasteiger partial charge in [-0.15, -0.1) is 15.3 Å². The van der Waals surface area contributed by atoms with E-state index in [1.807, 2.05) is 87.2 Å². The van der Waals surface area contributed by atoms with E-state index in [0.717, 1.165) is 28.1 Å². The molecule has 2 unspecified atom stereocenters. The van der Waals surface area contributed by atoms with E-state index >= 15 is 0 Å². The fraction of sp³-hybridized carbons (Fsp3) is 0.200. The Morgan fingerprint density at radius 1 is 0.525 bits per heavy atom. The van der Waals surface area contributed by atoms with Crippen LogP contribution in [0.4, 0.5) is 0 Å². The van der Waals surface area contributed by atoms with Crippen LogP contribution in [0.3, 0.4) is 0 Å². The first kappa shape index (κ1) is 25.3. The minimum Gasteiger partial charge on any atom is -0.322 e. The molecule has 0 aliphatic carbocycles. The molecule has 40 heavy (non-hydrogen) atoms. The van der Waals surface area contributed by atoms with Crippen LogP contribution in [0.1, 0.15) is 45.7 Å². The highest BCUT2D eigenvalue weighted by Gasteiger charge is 2.28. The fourth-order valence-corrected chi connectivity index (χ4v) is 4.77. The molecule has 0 fully saturated rings. The van der Waals surface area contributed by atoms with Crippen LogP contribution in [0, 0.1) is 0 Å². The van der Waals surface area contributed by atoms with Gasteiger partial charge in [-0.25, -0.2) is 14.0 Å². The third kappa shape index (κ3) is 6.19. The maximum atomic E-state index is 6.87. The molecule has 6 aromatic rings. The summed E-state index contributed by atoms with van der Waals surface area (Å²) < 4.78 is 5.49. The van der Waals surface area contributed by atoms with Crippen LogP contribution >= 0.6 is 0 Å². The van der Waals surface area contributed by atoms with E-state index in [-0.39, 0.29) is 5.92 Å². The molecular weight excluding hydrogens is 500 g/mol. The van der Waals surface area contributed by atoms with Crippen LogP contribution in [-0.4, -0.2) is 45.0 Å². The number of hydrogen-bond acceptors (Lipinski definition) is 7. The van der Waals surface area contributed by atoms with Crippen LogP contribution in [0.15, 0.2) is 110 Å². The molecule has 6 rings (SSSR count). The topological polar surface area (TPSA) is 118 Å². The maximum Gasteiger partial charge on any atom is 0.100 e. The van der Waals surface area contributed by atoms with E-state index in [0.29, 0.717) is 31.7 Å². The van der Waals surface area contributed by atoms with Crippen molar-refractivity contribution in [1.29, 1.82) is 0 Å². The average Bonchev–Trinajstić information content (AvgIpc) is 3.75. The molecule has 2 N–H and O–H groups in total. The zero-order valence-corrected chi connectivity index (χ0v) is 22.0. The number of hydrogen-bond donors (Lipinski definition) is 1. The lowest BCUT2D eigenvalue weighted by Crippen LogP contribution is -2.23. The molecule has 10 nitrogen and oxygen atoms in total. The van der Waals surface area contributed by atoms with Crippen molar-refractivity contribution in [3.8, 4) is 0 Å². The minimum absolute atomic E-state index is 0.228. The van der Waals surface area contributed by atoms with Gasteiger partial charge in [0.05, 0.1) is 43.3 Å². The maximum absolute atomic E-state index is 6.87. The summed E-state index contributed by atoms with van der Waals surface area (Å²) in [6.45, 7) is 1.88. The molecule has 3 aromatic heterocycles. The molecule has 0 radical (unpaired) electrons. The lowest BCUT2D eigenvalue weighted by Gasteiger charge is -2.19. The SMILES string of the molecule is NC(c1cn(Cc2ccccc2)nn1)C(Cc1cn(Cc2ccccc2)nn1)c1cn(Cc2ccccc2)nn1. The van der Waals surface area contributed by atoms with Crippen molar-refractivity contribution in [2.75, 3.05) is 0 Å². The summed E-state index contributed by atoms with van der Waals surface area (Å²) in [5.74, 6) is -0.228. The average molecular weight is 531 g/mol. The summed E-state index contributed by atoms with van der Waals surface area (Å²) in [5, 5.41) is 26.5. The van der Waals surface area contributed by atoms with Gasteiger partial charge in [0.25, 0.3) is 0 Å². The lowest BCUT2D eigenvalue weighted by atomic mass is 9.90. The molecule has 0 saturated carbocycles. The van der Waals surface area contributed by atoms with Gasteiger partial charge < -0.3 is 5.73 Å². The number of benzene rings is 3. The second-order valence-corrected chi connectivity index (χ2v) is 9.88. The Morgan fingerprint density at radius 2 is 0.950 bits per heavy atom. The van der Waals surface area contributed by atoms with Crippen LogP contribution in [0.5, 0.6) is 0 Å². The van der Waals surface area contributed by atoms with E-state index in [9.17, 15) is 0 Å². The van der Waals surface area contributed by atoms with Crippen molar-refractivity contribution in [3.63, 3.8) is 0 Å². The van der Waals surface area contributed by atoms with Gasteiger partial charge in [-0.2, -0.15) is 0 Å². The van der Waals surface area contributed by atoms with Crippen LogP contribution in [0.25, 0.3) is 0 Å². The van der Waals surface area contributed by atoms with Crippen LogP contribution < -0.4 is 5.73 Å². The first-order chi connectivity index (χ1) is 19.7. The quantitative estimate of drug-likeness (QED) is 0.272. The number of nitrogens with zero attached hydrogens (tertiary/aromatic N) is 9. The first-order valence-corrected chi connectivity index (χ1v) is 13.3. The number of rotatable bonds is 11. The van der Waals surface area contributed by atoms with Gasteiger partial charge in [0.1, 0.15) is 5.69 Å². The summed E-state index contributed by atoms with van der Waals surface area (Å²) >= 11 is 0. The summed E-state index contributed by atoms with van der Waals surface area (Å²) in [6.07, 6.45) is 6.37. The van der Waals surface area contributed by atoms with Crippen LogP contribution in [-0.2, 0) is 26.1 Å². The Morgan fingerprint density at radius 3 is 1.48 bits per heavy atom. The minimum atomic E-state index is -0.467. The Kier molecular flexibility index (Phi) is 7.49. The Labute approximate surface area is 232 Å². The number of nitrogens with two attached hydrogens (primary N) is 1. The first-order valence-electron chi connectivity index (χ1n) is 13.3. The molecule has 3 heterocycles. The third-order valence-electron chi connectivity index (χ3n) is 6.84. The highest BCUT2D eigenvalue weighted by Crippen LogP contribution is 2.30. The monoisotopic (exact) mass is 530 g/mol. The van der Waals surface area contributed by atoms with E-state index in [2.05, 4.69) is 67.3 Å². The molecule has 2 atom stereocenters. The van der Waals surface area contributed by atoms with Crippen molar-refractivity contribution >= 4 is 0 Å². The van der Waals surface area contributed by atoms with Crippen molar-refractivity contribution in [2.45, 2.75) is 38.0 Å². The van der Waals surface area contributed by atoms with Gasteiger partial charge in [0, 0.05) is 24.7 Å². The second-order valence-electron chi connectivity index (χ2n) is 9.88. The van der Waals surface area contributed by atoms with Crippen molar-refractivity contribution in [2.24, 2.45) is 5.73 Å². The third-order valence-corrected chi connectivity index (χ3v) is 6.84. The van der Waals surface area contributed by atoms with Gasteiger partial charge in [-0.1, -0.05) is 107 Å². The van der Waals surface area contributed by atoms with Gasteiger partial charge in [0.2, 0.25) is 0 Å². The predicted molar refractivity (Wildman–Crippen MR) is 150 cm³/mol. The normalized spacial score (nSPS) is 12.8. The molecule has 10 heteroatoms. The summed E-state index contributed by atoms with van der Waals surface area (Å²) in [4.78, 5) is 0. The van der Waals surface area contributed by atoms with Crippen molar-refractivity contribution in [3.05, 3.63) is 143 Å². The van der Waals surface area contributed by atoms with E-state index in [1.54, 1.807) is 0 Å². The molecule has 0 saturated heterocycles. The molecule has 0 aliphatic rings. The summed E-state index contributed by atoms with van der Waals surface area (Å²) in [6, 6.07) is 30.0. The smallest absolute Gasteiger partial charge is 0.100 e. The molecule has 3 aromatic carbocycles. The zero-order chi connectivity index (χ0) is 27.1. The highest BCUT2D eigenvalue weighted by atomic mass is 15.4. The Hall–Kier alpha value is -4.96. The molecule has 0 aliphatic heterocycles. The second kappa shape index (κ2) is 11.8. The van der Waals surface area contributed by atoms with Gasteiger partial charge in [-0.3, -0.25) is 0 Å². The van der Waals surface area contributed by atoms with E-state index in [4.69, 9.17) is 5.73 Å². The zero-order valence-electron chi connectivity index (χ0n) is 22.0. The molecule has 0 amide bonds. The Balaban J connectivity index is 1.24. The molecular formula is C30H30N10. The highest BCUT2D eigenvalue weighted by molar-refractivity contribution is 5.20. The van der Waals surface area contributed by atoms with E-state index < -0.39 is 6.04 Å². The largest absolute Gasteiger partial charge is 0.322 e. The van der Waals surface area contributed by atoms with Gasteiger partial charge >= 0.3 is 0 Å². The predicted octanol–water partition coefficient (Wildman–Crippen LogP) is 3.63. The summed E-state index contributed by atoms with van der Waals surface area (Å²) in [7, 11) is 0. The summed E-state index contributed by atoms with van der Waals surface area (Å²) in [5.41, 5.74) is 12.6. The lowest BCUT2D eigenvalue weighted by molar-refractivity contribution is 0.520. The number of aromatic nitrogens is 9. The molecule has 0 bridgehead atoms. The fourth-order valence-electron chi connectivity index (χ4n) is 4.77. The van der Waals surface area contributed by atoms with Crippen LogP contribution in [0.2, 0.25) is 0 Å². The van der Waals surface area contributed by atoms with Crippen molar-refractivity contribution in [1.82, 2.24) is 45.0 Å². The van der Waals surface area contributed by atoms with Gasteiger partial charge in [-0.05, 0) is 16.7 Å².